The number of benzene rings is 2. The van der Waals surface area contributed by atoms with E-state index in [1.165, 1.54) is 0 Å². The van der Waals surface area contributed by atoms with Crippen molar-refractivity contribution in [1.29, 1.82) is 5.26 Å². The molecule has 2 aromatic heterocycles. The number of aromatic nitrogens is 1. The predicted molar refractivity (Wildman–Crippen MR) is 153 cm³/mol. The van der Waals surface area contributed by atoms with Gasteiger partial charge in [-0.2, -0.15) is 5.26 Å². The molecule has 1 N–H and O–H groups in total. The highest BCUT2D eigenvalue weighted by Crippen LogP contribution is 2.39. The number of pyridine rings is 1. The van der Waals surface area contributed by atoms with E-state index in [-0.39, 0.29) is 18.4 Å². The number of furan rings is 1. The second kappa shape index (κ2) is 10.7. The van der Waals surface area contributed by atoms with E-state index in [0.717, 1.165) is 42.7 Å². The number of carbonyl (C=O) groups excluding carboxylic acids is 1. The van der Waals surface area contributed by atoms with Crippen LogP contribution in [0.3, 0.4) is 0 Å². The fourth-order valence-electron chi connectivity index (χ4n) is 5.90. The molecule has 0 bridgehead atoms. The lowest BCUT2D eigenvalue weighted by molar-refractivity contribution is 0.0781. The number of methoxy groups -OCH3 is 1. The van der Waals surface area contributed by atoms with Gasteiger partial charge in [-0.15, -0.1) is 0 Å². The second-order valence-electron chi connectivity index (χ2n) is 10.9. The van der Waals surface area contributed by atoms with E-state index in [2.05, 4.69) is 22.9 Å². The highest BCUT2D eigenvalue weighted by atomic mass is 16.5. The summed E-state index contributed by atoms with van der Waals surface area (Å²) in [7, 11) is 1.57. The number of aliphatic hydroxyl groups is 1. The number of nitrogens with zero attached hydrogens (tertiary/aromatic N) is 4. The van der Waals surface area contributed by atoms with E-state index in [1.807, 2.05) is 36.4 Å². The Morgan fingerprint density at radius 1 is 1.12 bits per heavy atom. The van der Waals surface area contributed by atoms with Crippen molar-refractivity contribution in [2.24, 2.45) is 11.8 Å². The minimum Gasteiger partial charge on any atom is -0.496 e. The maximum absolute atomic E-state index is 13.1. The smallest absolute Gasteiger partial charge is 0.253 e. The van der Waals surface area contributed by atoms with E-state index in [9.17, 15) is 15.2 Å². The molecule has 6 rings (SSSR count). The molecule has 204 valence electrons. The molecule has 8 heteroatoms. The molecule has 2 aliphatic heterocycles. The van der Waals surface area contributed by atoms with Crippen LogP contribution in [0, 0.1) is 23.2 Å². The minimum atomic E-state index is -0.0745. The Kier molecular flexibility index (Phi) is 6.91. The number of hydrogen-bond donors (Lipinski definition) is 1. The molecule has 2 saturated heterocycles. The molecule has 1 amide bonds. The Morgan fingerprint density at radius 2 is 2.00 bits per heavy atom. The molecule has 2 aromatic carbocycles. The van der Waals surface area contributed by atoms with Gasteiger partial charge in [-0.05, 0) is 60.7 Å². The summed E-state index contributed by atoms with van der Waals surface area (Å²) in [6.07, 6.45) is 3.68. The number of nitriles is 1. The van der Waals surface area contributed by atoms with Gasteiger partial charge in [0.05, 0.1) is 23.9 Å². The molecule has 4 heterocycles. The van der Waals surface area contributed by atoms with Gasteiger partial charge in [0.2, 0.25) is 0 Å². The van der Waals surface area contributed by atoms with Crippen LogP contribution in [-0.4, -0.2) is 60.8 Å². The van der Waals surface area contributed by atoms with Gasteiger partial charge < -0.3 is 24.1 Å². The highest BCUT2D eigenvalue weighted by Gasteiger charge is 2.27. The lowest BCUT2D eigenvalue weighted by Gasteiger charge is -2.20. The summed E-state index contributed by atoms with van der Waals surface area (Å²) >= 11 is 0. The molecule has 0 saturated carbocycles. The molecule has 0 radical (unpaired) electrons. The molecule has 40 heavy (non-hydrogen) atoms. The van der Waals surface area contributed by atoms with Crippen molar-refractivity contribution in [3.63, 3.8) is 0 Å². The predicted octanol–water partition coefficient (Wildman–Crippen LogP) is 5.34. The van der Waals surface area contributed by atoms with Crippen molar-refractivity contribution < 1.29 is 19.1 Å². The molecule has 0 aliphatic carbocycles. The van der Waals surface area contributed by atoms with Crippen LogP contribution in [0.2, 0.25) is 0 Å². The third-order valence-electron chi connectivity index (χ3n) is 8.15. The molecule has 2 aliphatic rings. The maximum Gasteiger partial charge on any atom is 0.253 e. The monoisotopic (exact) mass is 536 g/mol. The van der Waals surface area contributed by atoms with E-state index >= 15 is 0 Å². The van der Waals surface area contributed by atoms with Crippen LogP contribution in [0.15, 0.2) is 59.1 Å². The van der Waals surface area contributed by atoms with Crippen LogP contribution in [0.4, 0.5) is 5.69 Å². The van der Waals surface area contributed by atoms with E-state index in [0.29, 0.717) is 58.3 Å². The van der Waals surface area contributed by atoms with E-state index in [4.69, 9.17) is 9.15 Å². The molecule has 4 aromatic rings. The zero-order valence-corrected chi connectivity index (χ0v) is 22.8. The van der Waals surface area contributed by atoms with Crippen molar-refractivity contribution in [3.05, 3.63) is 65.9 Å². The lowest BCUT2D eigenvalue weighted by Crippen LogP contribution is -2.29. The summed E-state index contributed by atoms with van der Waals surface area (Å²) in [5.41, 5.74) is 5.93. The fraction of sp³-hybridized carbons (Fsp3) is 0.344. The molecule has 0 spiro atoms. The van der Waals surface area contributed by atoms with Crippen LogP contribution >= 0.6 is 0 Å². The first-order valence-corrected chi connectivity index (χ1v) is 13.8. The van der Waals surface area contributed by atoms with Crippen LogP contribution in [-0.2, 0) is 0 Å². The van der Waals surface area contributed by atoms with Crippen molar-refractivity contribution in [3.8, 4) is 34.3 Å². The first-order valence-electron chi connectivity index (χ1n) is 13.8. The van der Waals surface area contributed by atoms with Crippen LogP contribution in [0.1, 0.15) is 35.7 Å². The van der Waals surface area contributed by atoms with Gasteiger partial charge >= 0.3 is 0 Å². The average molecular weight is 537 g/mol. The second-order valence-corrected chi connectivity index (χ2v) is 10.9. The standard InChI is InChI=1S/C32H32N4O4/c1-20-8-11-35(17-20)28-6-4-22(13-24(28)16-33)25-7-10-34-27-15-30(40-31(25)27)26-5-3-23(14-29(26)39-2)32(38)36-12-9-21(18-36)19-37/h3-7,10,13-15,20-21,37H,8-9,11-12,17-19H2,1-2H3/t20-,21?/m0/s1. The van der Waals surface area contributed by atoms with Crippen LogP contribution in [0.25, 0.3) is 33.6 Å². The van der Waals surface area contributed by atoms with Crippen LogP contribution in [0.5, 0.6) is 5.75 Å². The Morgan fingerprint density at radius 3 is 2.73 bits per heavy atom. The number of carbonyl (C=O) groups is 1. The fourth-order valence-corrected chi connectivity index (χ4v) is 5.90. The quantitative estimate of drug-likeness (QED) is 0.355. The lowest BCUT2D eigenvalue weighted by atomic mass is 10.0. The molecule has 1 unspecified atom stereocenters. The van der Waals surface area contributed by atoms with E-state index in [1.54, 1.807) is 30.3 Å². The summed E-state index contributed by atoms with van der Waals surface area (Å²) in [5.74, 6) is 1.78. The van der Waals surface area contributed by atoms with Gasteiger partial charge in [0.15, 0.2) is 5.58 Å². The first kappa shape index (κ1) is 25.9. The number of likely N-dealkylation sites (tertiary alicyclic amines) is 1. The summed E-state index contributed by atoms with van der Waals surface area (Å²) in [6.45, 7) is 5.45. The Balaban J connectivity index is 1.33. The Labute approximate surface area is 233 Å². The molecule has 8 nitrogen and oxygen atoms in total. The molecule has 2 atom stereocenters. The topological polar surface area (TPSA) is 103 Å². The summed E-state index contributed by atoms with van der Waals surface area (Å²) in [5, 5.41) is 19.4. The number of hydrogen-bond acceptors (Lipinski definition) is 7. The summed E-state index contributed by atoms with van der Waals surface area (Å²) in [4.78, 5) is 21.7. The summed E-state index contributed by atoms with van der Waals surface area (Å²) < 4.78 is 12.0. The average Bonchev–Trinajstić information content (AvgIpc) is 3.75. The molecular formula is C32H32N4O4. The van der Waals surface area contributed by atoms with Gasteiger partial charge in [0, 0.05) is 62.1 Å². The zero-order chi connectivity index (χ0) is 27.8. The number of ether oxygens (including phenoxy) is 1. The van der Waals surface area contributed by atoms with Crippen LogP contribution < -0.4 is 9.64 Å². The molecular weight excluding hydrogens is 504 g/mol. The van der Waals surface area contributed by atoms with Gasteiger partial charge in [-0.3, -0.25) is 9.78 Å². The minimum absolute atomic E-state index is 0.0745. The Bertz CT molecular complexity index is 1620. The van der Waals surface area contributed by atoms with Crippen molar-refractivity contribution in [2.45, 2.75) is 19.8 Å². The van der Waals surface area contributed by atoms with E-state index < -0.39 is 0 Å². The van der Waals surface area contributed by atoms with Gasteiger partial charge in [0.25, 0.3) is 5.91 Å². The highest BCUT2D eigenvalue weighted by molar-refractivity contribution is 5.97. The van der Waals surface area contributed by atoms with Crippen molar-refractivity contribution in [2.75, 3.05) is 44.8 Å². The Hall–Kier alpha value is -4.35. The van der Waals surface area contributed by atoms with Crippen molar-refractivity contribution >= 4 is 22.7 Å². The van der Waals surface area contributed by atoms with Crippen molar-refractivity contribution in [1.82, 2.24) is 9.88 Å². The number of amides is 1. The SMILES string of the molecule is COc1cc(C(=O)N2CCC(CO)C2)ccc1-c1cc2nccc(-c3ccc(N4CC[C@H](C)C4)c(C#N)c3)c2o1. The maximum atomic E-state index is 13.1. The van der Waals surface area contributed by atoms with Gasteiger partial charge in [0.1, 0.15) is 23.1 Å². The molecule has 2 fully saturated rings. The largest absolute Gasteiger partial charge is 0.496 e. The summed E-state index contributed by atoms with van der Waals surface area (Å²) in [6, 6.07) is 17.5. The first-order chi connectivity index (χ1) is 19.5. The number of aliphatic hydroxyl groups excluding tert-OH is 1. The van der Waals surface area contributed by atoms with Gasteiger partial charge in [-0.25, -0.2) is 0 Å². The number of rotatable bonds is 6. The number of anilines is 1. The third kappa shape index (κ3) is 4.67. The zero-order valence-electron chi connectivity index (χ0n) is 22.8. The third-order valence-corrected chi connectivity index (χ3v) is 8.15. The normalized spacial score (nSPS) is 18.9. The van der Waals surface area contributed by atoms with Gasteiger partial charge in [-0.1, -0.05) is 13.0 Å². The number of fused-ring (bicyclic) bond motifs is 1.